The molecule has 1 fully saturated rings. The van der Waals surface area contributed by atoms with Crippen molar-refractivity contribution in [2.45, 2.75) is 33.0 Å². The summed E-state index contributed by atoms with van der Waals surface area (Å²) in [6.45, 7) is 5.06. The van der Waals surface area contributed by atoms with Crippen molar-refractivity contribution in [1.82, 2.24) is 0 Å². The molecule has 1 aliphatic rings. The fourth-order valence-corrected chi connectivity index (χ4v) is 1.09. The monoisotopic (exact) mass is 144 g/mol. The summed E-state index contributed by atoms with van der Waals surface area (Å²) >= 11 is 0. The molecule has 0 radical (unpaired) electrons. The van der Waals surface area contributed by atoms with Crippen LogP contribution in [0.2, 0.25) is 0 Å². The van der Waals surface area contributed by atoms with Gasteiger partial charge in [-0.1, -0.05) is 0 Å². The van der Waals surface area contributed by atoms with Gasteiger partial charge >= 0.3 is 5.97 Å². The molecule has 0 aliphatic carbocycles. The molecular formula is C7H12O3. The van der Waals surface area contributed by atoms with Crippen LogP contribution >= 0.6 is 0 Å². The Kier molecular flexibility index (Phi) is 1.47. The highest BCUT2D eigenvalue weighted by molar-refractivity contribution is 5.79. The van der Waals surface area contributed by atoms with E-state index in [9.17, 15) is 9.90 Å². The van der Waals surface area contributed by atoms with Crippen LogP contribution in [0.5, 0.6) is 0 Å². The lowest BCUT2D eigenvalue weighted by Crippen LogP contribution is -2.32. The topological polar surface area (TPSA) is 46.5 Å². The van der Waals surface area contributed by atoms with Crippen LogP contribution in [0.3, 0.4) is 0 Å². The molecule has 10 heavy (non-hydrogen) atoms. The zero-order chi connectivity index (χ0) is 7.94. The highest BCUT2D eigenvalue weighted by Crippen LogP contribution is 2.32. The van der Waals surface area contributed by atoms with Crippen molar-refractivity contribution in [2.75, 3.05) is 0 Å². The first-order valence-electron chi connectivity index (χ1n) is 3.35. The van der Waals surface area contributed by atoms with E-state index < -0.39 is 11.5 Å². The maximum atomic E-state index is 10.9. The van der Waals surface area contributed by atoms with E-state index in [-0.39, 0.29) is 12.1 Å². The number of carbonyl (C=O) groups is 1. The number of esters is 1. The quantitative estimate of drug-likeness (QED) is 0.498. The SMILES string of the molecule is C[C@@H]1OC(=O)C(C)(C)[C@@H]1O. The molecule has 2 atom stereocenters. The smallest absolute Gasteiger partial charge is 0.314 e. The second kappa shape index (κ2) is 1.95. The van der Waals surface area contributed by atoms with Gasteiger partial charge < -0.3 is 9.84 Å². The third-order valence-corrected chi connectivity index (χ3v) is 2.00. The lowest BCUT2D eigenvalue weighted by atomic mass is 9.87. The van der Waals surface area contributed by atoms with E-state index in [4.69, 9.17) is 4.74 Å². The predicted octanol–water partition coefficient (Wildman–Crippen LogP) is 0.319. The molecule has 0 spiro atoms. The van der Waals surface area contributed by atoms with E-state index in [0.717, 1.165) is 0 Å². The van der Waals surface area contributed by atoms with Gasteiger partial charge in [0, 0.05) is 0 Å². The number of rotatable bonds is 0. The highest BCUT2D eigenvalue weighted by Gasteiger charge is 2.48. The summed E-state index contributed by atoms with van der Waals surface area (Å²) in [5.74, 6) is -0.312. The van der Waals surface area contributed by atoms with Crippen LogP contribution in [-0.2, 0) is 9.53 Å². The van der Waals surface area contributed by atoms with Crippen LogP contribution in [-0.4, -0.2) is 23.3 Å². The molecule has 0 amide bonds. The van der Waals surface area contributed by atoms with Crippen molar-refractivity contribution < 1.29 is 14.6 Å². The number of aliphatic hydroxyl groups is 1. The van der Waals surface area contributed by atoms with Crippen molar-refractivity contribution in [3.8, 4) is 0 Å². The maximum Gasteiger partial charge on any atom is 0.314 e. The van der Waals surface area contributed by atoms with Gasteiger partial charge in [0.15, 0.2) is 0 Å². The van der Waals surface area contributed by atoms with E-state index in [0.29, 0.717) is 0 Å². The zero-order valence-corrected chi connectivity index (χ0v) is 6.42. The lowest BCUT2D eigenvalue weighted by Gasteiger charge is -2.16. The number of carbonyl (C=O) groups excluding carboxylic acids is 1. The normalized spacial score (nSPS) is 37.8. The molecule has 0 bridgehead atoms. The van der Waals surface area contributed by atoms with Gasteiger partial charge in [0.1, 0.15) is 12.2 Å². The van der Waals surface area contributed by atoms with Crippen molar-refractivity contribution in [1.29, 1.82) is 0 Å². The molecule has 1 aliphatic heterocycles. The minimum atomic E-state index is -0.723. The van der Waals surface area contributed by atoms with E-state index in [1.807, 2.05) is 0 Å². The van der Waals surface area contributed by atoms with E-state index in [2.05, 4.69) is 0 Å². The highest BCUT2D eigenvalue weighted by atomic mass is 16.6. The molecule has 3 nitrogen and oxygen atoms in total. The fourth-order valence-electron chi connectivity index (χ4n) is 1.09. The van der Waals surface area contributed by atoms with Crippen LogP contribution in [0.25, 0.3) is 0 Å². The van der Waals surface area contributed by atoms with E-state index in [1.54, 1.807) is 20.8 Å². The summed E-state index contributed by atoms with van der Waals surface area (Å²) in [5, 5.41) is 9.35. The van der Waals surface area contributed by atoms with Gasteiger partial charge in [0.05, 0.1) is 5.41 Å². The molecule has 1 heterocycles. The summed E-state index contributed by atoms with van der Waals surface area (Å²) in [7, 11) is 0. The number of ether oxygens (including phenoxy) is 1. The Bertz CT molecular complexity index is 162. The number of aliphatic hydroxyl groups excluding tert-OH is 1. The van der Waals surface area contributed by atoms with Crippen LogP contribution in [0.15, 0.2) is 0 Å². The van der Waals surface area contributed by atoms with Crippen molar-refractivity contribution in [3.05, 3.63) is 0 Å². The van der Waals surface area contributed by atoms with Gasteiger partial charge in [-0.25, -0.2) is 0 Å². The van der Waals surface area contributed by atoms with E-state index in [1.165, 1.54) is 0 Å². The standard InChI is InChI=1S/C7H12O3/c1-4-5(8)7(2,3)6(9)10-4/h4-5,8H,1-3H3/t4-,5+/m0/s1. The molecule has 0 aromatic rings. The summed E-state index contributed by atoms with van der Waals surface area (Å²) < 4.78 is 4.80. The van der Waals surface area contributed by atoms with Gasteiger partial charge in [-0.05, 0) is 20.8 Å². The molecule has 1 N–H and O–H groups in total. The van der Waals surface area contributed by atoms with Gasteiger partial charge in [0.2, 0.25) is 0 Å². The molecule has 1 rings (SSSR count). The molecule has 0 saturated carbocycles. The minimum absolute atomic E-state index is 0.312. The Balaban J connectivity index is 2.85. The Morgan fingerprint density at radius 1 is 1.60 bits per heavy atom. The largest absolute Gasteiger partial charge is 0.459 e. The van der Waals surface area contributed by atoms with Gasteiger partial charge in [0.25, 0.3) is 0 Å². The number of hydrogen-bond donors (Lipinski definition) is 1. The summed E-state index contributed by atoms with van der Waals surface area (Å²) in [6, 6.07) is 0. The van der Waals surface area contributed by atoms with Crippen LogP contribution in [0, 0.1) is 5.41 Å². The predicted molar refractivity (Wildman–Crippen MR) is 35.3 cm³/mol. The van der Waals surface area contributed by atoms with E-state index >= 15 is 0 Å². The summed E-state index contributed by atoms with van der Waals surface area (Å²) in [4.78, 5) is 10.9. The summed E-state index contributed by atoms with van der Waals surface area (Å²) in [6.07, 6.45) is -1.03. The lowest BCUT2D eigenvalue weighted by molar-refractivity contribution is -0.147. The van der Waals surface area contributed by atoms with Crippen molar-refractivity contribution in [3.63, 3.8) is 0 Å². The van der Waals surface area contributed by atoms with Gasteiger partial charge in [-0.2, -0.15) is 0 Å². The molecule has 3 heteroatoms. The maximum absolute atomic E-state index is 10.9. The third kappa shape index (κ3) is 0.814. The molecule has 58 valence electrons. The minimum Gasteiger partial charge on any atom is -0.459 e. The van der Waals surface area contributed by atoms with Crippen LogP contribution in [0.1, 0.15) is 20.8 Å². The molecule has 0 aromatic heterocycles. The number of hydrogen-bond acceptors (Lipinski definition) is 3. The zero-order valence-electron chi connectivity index (χ0n) is 6.42. The number of cyclic esters (lactones) is 1. The second-order valence-electron chi connectivity index (χ2n) is 3.28. The van der Waals surface area contributed by atoms with Crippen LogP contribution in [0.4, 0.5) is 0 Å². The Labute approximate surface area is 60.0 Å². The van der Waals surface area contributed by atoms with Gasteiger partial charge in [-0.15, -0.1) is 0 Å². The Morgan fingerprint density at radius 2 is 2.10 bits per heavy atom. The van der Waals surface area contributed by atoms with Crippen molar-refractivity contribution >= 4 is 5.97 Å². The Hall–Kier alpha value is -0.570. The molecular weight excluding hydrogens is 132 g/mol. The molecule has 1 saturated heterocycles. The average molecular weight is 144 g/mol. The van der Waals surface area contributed by atoms with Crippen molar-refractivity contribution in [2.24, 2.45) is 5.41 Å². The first-order chi connectivity index (χ1) is 4.46. The average Bonchev–Trinajstić information content (AvgIpc) is 1.97. The van der Waals surface area contributed by atoms with Gasteiger partial charge in [-0.3, -0.25) is 4.79 Å². The molecule has 0 aromatic carbocycles. The third-order valence-electron chi connectivity index (χ3n) is 2.00. The second-order valence-corrected chi connectivity index (χ2v) is 3.28. The van der Waals surface area contributed by atoms with Crippen LogP contribution < -0.4 is 0 Å². The fraction of sp³-hybridized carbons (Fsp3) is 0.857. The molecule has 0 unspecified atom stereocenters. The first-order valence-corrected chi connectivity index (χ1v) is 3.35. The summed E-state index contributed by atoms with van der Waals surface area (Å²) in [5.41, 5.74) is -0.723. The Morgan fingerprint density at radius 3 is 2.20 bits per heavy atom. The first kappa shape index (κ1) is 7.54.